The molecule has 8 atom stereocenters. The zero-order valence-electron chi connectivity index (χ0n) is 32.6. The van der Waals surface area contributed by atoms with Gasteiger partial charge in [-0.3, -0.25) is 0 Å². The fraction of sp³-hybridized carbons (Fsp3) is 0.723. The van der Waals surface area contributed by atoms with Gasteiger partial charge in [0, 0.05) is 35.8 Å². The second-order valence-corrected chi connectivity index (χ2v) is 19.0. The number of nitrogens with one attached hydrogen (secondary N) is 2. The quantitative estimate of drug-likeness (QED) is 0.186. The van der Waals surface area contributed by atoms with Gasteiger partial charge in [-0.25, -0.2) is 4.79 Å². The first kappa shape index (κ1) is 35.6. The predicted molar refractivity (Wildman–Crippen MR) is 210 cm³/mol. The second-order valence-electron chi connectivity index (χ2n) is 19.0. The number of carbonyl (C=O) groups is 1. The molecular formula is C47H64N2O5. The van der Waals surface area contributed by atoms with E-state index in [1.165, 1.54) is 112 Å². The Kier molecular flexibility index (Phi) is 9.87. The first-order valence-electron chi connectivity index (χ1n) is 22.5. The molecule has 2 aromatic rings. The summed E-state index contributed by atoms with van der Waals surface area (Å²) in [6.07, 6.45) is 24.0. The van der Waals surface area contributed by atoms with Crippen LogP contribution in [-0.2, 0) is 33.1 Å². The van der Waals surface area contributed by atoms with Crippen molar-refractivity contribution < 1.29 is 23.7 Å². The van der Waals surface area contributed by atoms with Crippen molar-refractivity contribution in [3.63, 3.8) is 0 Å². The topological polar surface area (TPSA) is 78.1 Å². The van der Waals surface area contributed by atoms with Crippen molar-refractivity contribution in [2.75, 3.05) is 13.1 Å². The minimum atomic E-state index is -0.686. The third-order valence-electron chi connectivity index (χ3n) is 16.2. The van der Waals surface area contributed by atoms with Gasteiger partial charge in [-0.1, -0.05) is 89.2 Å². The van der Waals surface area contributed by atoms with Gasteiger partial charge < -0.3 is 29.6 Å². The molecular weight excluding hydrogens is 673 g/mol. The van der Waals surface area contributed by atoms with Gasteiger partial charge in [0.2, 0.25) is 12.6 Å². The van der Waals surface area contributed by atoms with Crippen LogP contribution in [0.2, 0.25) is 0 Å². The van der Waals surface area contributed by atoms with Crippen molar-refractivity contribution in [3.05, 3.63) is 58.7 Å². The molecule has 7 heteroatoms. The van der Waals surface area contributed by atoms with Crippen LogP contribution in [0.15, 0.2) is 36.4 Å². The third-order valence-corrected chi connectivity index (χ3v) is 16.2. The van der Waals surface area contributed by atoms with E-state index in [1.54, 1.807) is 0 Å². The minimum absolute atomic E-state index is 0.246. The molecule has 0 radical (unpaired) electrons. The number of carbonyl (C=O) groups excluding carboxylic acids is 1. The summed E-state index contributed by atoms with van der Waals surface area (Å²) < 4.78 is 25.9. The maximum atomic E-state index is 13.9. The number of hydrogen-bond acceptors (Lipinski definition) is 7. The van der Waals surface area contributed by atoms with Gasteiger partial charge in [0.25, 0.3) is 0 Å². The van der Waals surface area contributed by atoms with Crippen molar-refractivity contribution in [1.29, 1.82) is 0 Å². The molecule has 8 aliphatic rings. The van der Waals surface area contributed by atoms with Crippen LogP contribution in [-0.4, -0.2) is 43.9 Å². The van der Waals surface area contributed by atoms with Crippen molar-refractivity contribution in [1.82, 2.24) is 10.6 Å². The lowest BCUT2D eigenvalue weighted by atomic mass is 9.53. The first-order valence-corrected chi connectivity index (χ1v) is 22.5. The number of rotatable bonds is 10. The average Bonchev–Trinajstić information content (AvgIpc) is 3.90. The van der Waals surface area contributed by atoms with Crippen LogP contribution in [0.1, 0.15) is 151 Å². The summed E-state index contributed by atoms with van der Waals surface area (Å²) in [7, 11) is 0. The standard InChI is InChI=1S/C47H64N2O5/c50-45(53-43(25-31-9-1-2-10-31)51-35-17-15-33-27-41-37-13-5-7-19-46(37,21-23-48-41)39(33)29-35)54-44(26-32-11-3-4-12-32)52-36-18-16-34-28-42-38-14-6-8-20-47(38,22-24-49-42)40(34)30-36/h15-18,29-32,37-38,41-44,48-49H,1-14,19-28H2/t37-,38-,41+,42+,43?,44?,46+,47+/m0/s1. The van der Waals surface area contributed by atoms with Crippen LogP contribution >= 0.6 is 0 Å². The lowest BCUT2D eigenvalue weighted by Crippen LogP contribution is -2.59. The molecule has 2 N–H and O–H groups in total. The van der Waals surface area contributed by atoms with Crippen molar-refractivity contribution in [2.24, 2.45) is 23.7 Å². The highest BCUT2D eigenvalue weighted by Crippen LogP contribution is 2.56. The summed E-state index contributed by atoms with van der Waals surface area (Å²) in [6.45, 7) is 2.19. The zero-order chi connectivity index (χ0) is 36.1. The average molecular weight is 737 g/mol. The summed E-state index contributed by atoms with van der Waals surface area (Å²) >= 11 is 0. The highest BCUT2D eigenvalue weighted by atomic mass is 16.8. The largest absolute Gasteiger partial charge is 0.514 e. The number of ether oxygens (including phenoxy) is 4. The van der Waals surface area contributed by atoms with Gasteiger partial charge in [-0.15, -0.1) is 0 Å². The predicted octanol–water partition coefficient (Wildman–Crippen LogP) is 9.80. The van der Waals surface area contributed by atoms with E-state index in [0.717, 1.165) is 63.1 Å². The van der Waals surface area contributed by atoms with E-state index < -0.39 is 18.7 Å². The molecule has 4 saturated carbocycles. The van der Waals surface area contributed by atoms with E-state index in [0.29, 0.717) is 48.6 Å². The van der Waals surface area contributed by atoms with E-state index >= 15 is 0 Å². The van der Waals surface area contributed by atoms with Crippen molar-refractivity contribution >= 4 is 6.16 Å². The third kappa shape index (κ3) is 6.65. The Morgan fingerprint density at radius 3 is 1.50 bits per heavy atom. The Morgan fingerprint density at radius 1 is 0.593 bits per heavy atom. The number of fused-ring (bicyclic) bond motifs is 2. The highest BCUT2D eigenvalue weighted by Gasteiger charge is 2.53. The molecule has 54 heavy (non-hydrogen) atoms. The van der Waals surface area contributed by atoms with Crippen LogP contribution in [0.5, 0.6) is 11.5 Å². The Hall–Kier alpha value is -2.77. The van der Waals surface area contributed by atoms with Gasteiger partial charge >= 0.3 is 6.16 Å². The normalized spacial score (nSPS) is 34.1. The molecule has 2 aromatic carbocycles. The van der Waals surface area contributed by atoms with E-state index in [-0.39, 0.29) is 10.8 Å². The molecule has 2 unspecified atom stereocenters. The number of benzene rings is 2. The molecule has 6 aliphatic carbocycles. The minimum Gasteiger partial charge on any atom is -0.455 e. The highest BCUT2D eigenvalue weighted by molar-refractivity contribution is 5.60. The van der Waals surface area contributed by atoms with Gasteiger partial charge in [0.1, 0.15) is 11.5 Å². The zero-order valence-corrected chi connectivity index (χ0v) is 32.6. The monoisotopic (exact) mass is 736 g/mol. The molecule has 2 aliphatic heterocycles. The second kappa shape index (κ2) is 15.0. The van der Waals surface area contributed by atoms with Crippen molar-refractivity contribution in [2.45, 2.75) is 177 Å². The Balaban J connectivity index is 0.877. The molecule has 10 rings (SSSR count). The van der Waals surface area contributed by atoms with Crippen LogP contribution in [0.25, 0.3) is 0 Å². The van der Waals surface area contributed by atoms with E-state index in [4.69, 9.17) is 18.9 Å². The van der Waals surface area contributed by atoms with Crippen LogP contribution < -0.4 is 20.1 Å². The van der Waals surface area contributed by atoms with Crippen LogP contribution in [0.3, 0.4) is 0 Å². The van der Waals surface area contributed by atoms with E-state index in [9.17, 15) is 4.79 Å². The molecule has 0 aromatic heterocycles. The van der Waals surface area contributed by atoms with E-state index in [2.05, 4.69) is 47.0 Å². The summed E-state index contributed by atoms with van der Waals surface area (Å²) in [5.74, 6) is 4.05. The van der Waals surface area contributed by atoms with Gasteiger partial charge in [0.15, 0.2) is 0 Å². The summed E-state index contributed by atoms with van der Waals surface area (Å²) in [4.78, 5) is 13.9. The van der Waals surface area contributed by atoms with E-state index in [1.807, 2.05) is 0 Å². The molecule has 2 heterocycles. The van der Waals surface area contributed by atoms with Gasteiger partial charge in [-0.05, 0) is 135 Å². The molecule has 2 saturated heterocycles. The fourth-order valence-electron chi connectivity index (χ4n) is 13.8. The SMILES string of the molecule is O=C(OC(CC1CCCC1)Oc1ccc2c(c1)[C@@]13CCCC[C@H]1[C@@H](C2)NCC3)OC(CC1CCCC1)Oc1ccc2c(c1)[C@@]13CCCC[C@H]1[C@@H](C2)NCC3. The molecule has 4 bridgehead atoms. The molecule has 7 nitrogen and oxygen atoms in total. The smallest absolute Gasteiger partial charge is 0.455 e. The molecule has 0 spiro atoms. The fourth-order valence-corrected chi connectivity index (χ4v) is 13.8. The lowest BCUT2D eigenvalue weighted by Gasteiger charge is -2.56. The van der Waals surface area contributed by atoms with Gasteiger partial charge in [-0.2, -0.15) is 0 Å². The summed E-state index contributed by atoms with van der Waals surface area (Å²) in [6, 6.07) is 14.7. The lowest BCUT2D eigenvalue weighted by molar-refractivity contribution is -0.119. The maximum Gasteiger partial charge on any atom is 0.514 e. The summed E-state index contributed by atoms with van der Waals surface area (Å²) in [5, 5.41) is 7.73. The first-order chi connectivity index (χ1) is 26.5. The maximum absolute atomic E-state index is 13.9. The molecule has 0 amide bonds. The Labute approximate surface area is 323 Å². The molecule has 292 valence electrons. The summed E-state index contributed by atoms with van der Waals surface area (Å²) in [5.41, 5.74) is 6.43. The Morgan fingerprint density at radius 2 is 1.04 bits per heavy atom. The van der Waals surface area contributed by atoms with Crippen LogP contribution in [0.4, 0.5) is 4.79 Å². The Bertz CT molecular complexity index is 1540. The molecule has 6 fully saturated rings. The van der Waals surface area contributed by atoms with Gasteiger partial charge in [0.05, 0.1) is 0 Å². The van der Waals surface area contributed by atoms with Crippen LogP contribution in [0, 0.1) is 23.7 Å². The van der Waals surface area contributed by atoms with Crippen molar-refractivity contribution in [3.8, 4) is 11.5 Å². The number of hydrogen-bond donors (Lipinski definition) is 2. The number of piperidine rings is 2.